The lowest BCUT2D eigenvalue weighted by atomic mass is 9.93. The summed E-state index contributed by atoms with van der Waals surface area (Å²) in [5.41, 5.74) is 7.25. The molecule has 0 bridgehead atoms. The predicted molar refractivity (Wildman–Crippen MR) is 69.0 cm³/mol. The molecule has 1 heterocycles. The molecule has 0 saturated carbocycles. The van der Waals surface area contributed by atoms with Crippen molar-refractivity contribution < 1.29 is 13.9 Å². The van der Waals surface area contributed by atoms with Gasteiger partial charge in [0.2, 0.25) is 0 Å². The highest BCUT2D eigenvalue weighted by Gasteiger charge is 2.20. The van der Waals surface area contributed by atoms with E-state index in [4.69, 9.17) is 15.2 Å². The number of nitrogens with two attached hydrogens (primary N) is 1. The van der Waals surface area contributed by atoms with Gasteiger partial charge in [-0.3, -0.25) is 0 Å². The first-order chi connectivity index (χ1) is 8.63. The number of ether oxygens (including phenoxy) is 2. The van der Waals surface area contributed by atoms with Crippen LogP contribution in [0.4, 0.5) is 4.39 Å². The highest BCUT2D eigenvalue weighted by molar-refractivity contribution is 5.49. The standard InChI is InChI=1S/C14H20FNO2/c1-9(8-16)11-6-13-14(7-12(11)10(2)15)18-5-3-4-17-13/h6-7,9-10H,3-5,8,16H2,1-2H3. The van der Waals surface area contributed by atoms with Crippen molar-refractivity contribution in [3.8, 4) is 11.5 Å². The van der Waals surface area contributed by atoms with E-state index in [1.165, 1.54) is 6.92 Å². The van der Waals surface area contributed by atoms with Crippen LogP contribution in [0.3, 0.4) is 0 Å². The summed E-state index contributed by atoms with van der Waals surface area (Å²) in [6, 6.07) is 3.64. The SMILES string of the molecule is CC(F)c1cc2c(cc1C(C)CN)OCCCO2. The lowest BCUT2D eigenvalue weighted by molar-refractivity contribution is 0.296. The van der Waals surface area contributed by atoms with Crippen LogP contribution in [0, 0.1) is 0 Å². The second-order valence-electron chi connectivity index (χ2n) is 4.73. The van der Waals surface area contributed by atoms with Crippen molar-refractivity contribution in [2.24, 2.45) is 5.73 Å². The fourth-order valence-electron chi connectivity index (χ4n) is 2.14. The average Bonchev–Trinajstić information content (AvgIpc) is 2.60. The van der Waals surface area contributed by atoms with Crippen LogP contribution in [0.25, 0.3) is 0 Å². The first-order valence-electron chi connectivity index (χ1n) is 6.41. The molecular weight excluding hydrogens is 233 g/mol. The number of alkyl halides is 1. The monoisotopic (exact) mass is 253 g/mol. The van der Waals surface area contributed by atoms with Crippen LogP contribution < -0.4 is 15.2 Å². The maximum absolute atomic E-state index is 13.7. The van der Waals surface area contributed by atoms with Crippen molar-refractivity contribution in [3.63, 3.8) is 0 Å². The molecule has 1 aliphatic rings. The zero-order valence-electron chi connectivity index (χ0n) is 10.9. The lowest BCUT2D eigenvalue weighted by Crippen LogP contribution is -2.12. The van der Waals surface area contributed by atoms with Gasteiger partial charge in [0.1, 0.15) is 6.17 Å². The Morgan fingerprint density at radius 2 is 1.72 bits per heavy atom. The van der Waals surface area contributed by atoms with E-state index in [2.05, 4.69) is 0 Å². The molecule has 3 nitrogen and oxygen atoms in total. The molecule has 2 rings (SSSR count). The fraction of sp³-hybridized carbons (Fsp3) is 0.571. The van der Waals surface area contributed by atoms with Crippen LogP contribution in [0.1, 0.15) is 43.5 Å². The van der Waals surface area contributed by atoms with E-state index in [1.54, 1.807) is 6.07 Å². The van der Waals surface area contributed by atoms with E-state index in [0.29, 0.717) is 36.8 Å². The van der Waals surface area contributed by atoms with E-state index in [0.717, 1.165) is 12.0 Å². The number of hydrogen-bond donors (Lipinski definition) is 1. The number of hydrogen-bond acceptors (Lipinski definition) is 3. The first-order valence-corrected chi connectivity index (χ1v) is 6.41. The number of benzene rings is 1. The molecule has 1 aliphatic heterocycles. The second kappa shape index (κ2) is 5.57. The van der Waals surface area contributed by atoms with Gasteiger partial charge in [-0.2, -0.15) is 0 Å². The topological polar surface area (TPSA) is 44.5 Å². The minimum atomic E-state index is -1.04. The quantitative estimate of drug-likeness (QED) is 0.900. The largest absolute Gasteiger partial charge is 0.490 e. The van der Waals surface area contributed by atoms with Crippen LogP contribution >= 0.6 is 0 Å². The third-order valence-corrected chi connectivity index (χ3v) is 3.27. The molecular formula is C14H20FNO2. The van der Waals surface area contributed by atoms with Crippen LogP contribution in [0.2, 0.25) is 0 Å². The molecule has 0 amide bonds. The molecule has 0 saturated heterocycles. The van der Waals surface area contributed by atoms with Crippen LogP contribution in [-0.4, -0.2) is 19.8 Å². The number of rotatable bonds is 3. The minimum absolute atomic E-state index is 0.107. The Hall–Kier alpha value is -1.29. The maximum Gasteiger partial charge on any atom is 0.161 e. The Kier molecular flexibility index (Phi) is 4.07. The molecule has 0 radical (unpaired) electrons. The summed E-state index contributed by atoms with van der Waals surface area (Å²) in [6.07, 6.45) is -0.192. The summed E-state index contributed by atoms with van der Waals surface area (Å²) in [6.45, 7) is 5.25. The average molecular weight is 253 g/mol. The van der Waals surface area contributed by atoms with E-state index in [-0.39, 0.29) is 5.92 Å². The van der Waals surface area contributed by atoms with Crippen LogP contribution in [0.15, 0.2) is 12.1 Å². The van der Waals surface area contributed by atoms with Crippen molar-refractivity contribution in [1.29, 1.82) is 0 Å². The molecule has 4 heteroatoms. The van der Waals surface area contributed by atoms with E-state index in [1.807, 2.05) is 13.0 Å². The number of fused-ring (bicyclic) bond motifs is 1. The van der Waals surface area contributed by atoms with Crippen LogP contribution in [-0.2, 0) is 0 Å². The van der Waals surface area contributed by atoms with E-state index < -0.39 is 6.17 Å². The summed E-state index contributed by atoms with van der Waals surface area (Å²) in [4.78, 5) is 0. The normalized spacial score (nSPS) is 18.0. The lowest BCUT2D eigenvalue weighted by Gasteiger charge is -2.19. The molecule has 0 aromatic heterocycles. The molecule has 100 valence electrons. The molecule has 1 aromatic carbocycles. The Morgan fingerprint density at radius 1 is 1.17 bits per heavy atom. The summed E-state index contributed by atoms with van der Waals surface area (Å²) in [5.74, 6) is 1.45. The van der Waals surface area contributed by atoms with Gasteiger partial charge in [-0.15, -0.1) is 0 Å². The molecule has 0 spiro atoms. The zero-order valence-corrected chi connectivity index (χ0v) is 10.9. The van der Waals surface area contributed by atoms with E-state index in [9.17, 15) is 4.39 Å². The molecule has 2 unspecified atom stereocenters. The maximum atomic E-state index is 13.7. The highest BCUT2D eigenvalue weighted by Crippen LogP contribution is 2.38. The van der Waals surface area contributed by atoms with Gasteiger partial charge in [-0.1, -0.05) is 6.92 Å². The molecule has 0 fully saturated rings. The van der Waals surface area contributed by atoms with Gasteiger partial charge in [0.15, 0.2) is 11.5 Å². The Morgan fingerprint density at radius 3 is 2.22 bits per heavy atom. The van der Waals surface area contributed by atoms with E-state index >= 15 is 0 Å². The van der Waals surface area contributed by atoms with Crippen molar-refractivity contribution in [2.45, 2.75) is 32.4 Å². The highest BCUT2D eigenvalue weighted by atomic mass is 19.1. The van der Waals surface area contributed by atoms with Gasteiger partial charge in [0, 0.05) is 6.42 Å². The summed E-state index contributed by atoms with van der Waals surface area (Å²) < 4.78 is 24.9. The van der Waals surface area contributed by atoms with Gasteiger partial charge in [-0.25, -0.2) is 4.39 Å². The first kappa shape index (κ1) is 13.1. The Labute approximate surface area is 107 Å². The molecule has 2 N–H and O–H groups in total. The van der Waals surface area contributed by atoms with Crippen LogP contribution in [0.5, 0.6) is 11.5 Å². The molecule has 0 aliphatic carbocycles. The Bertz CT molecular complexity index is 421. The minimum Gasteiger partial charge on any atom is -0.490 e. The third kappa shape index (κ3) is 2.58. The number of halogens is 1. The molecule has 18 heavy (non-hydrogen) atoms. The smallest absolute Gasteiger partial charge is 0.161 e. The van der Waals surface area contributed by atoms with Gasteiger partial charge in [0.25, 0.3) is 0 Å². The Balaban J connectivity index is 2.47. The van der Waals surface area contributed by atoms with Gasteiger partial charge in [0.05, 0.1) is 13.2 Å². The fourth-order valence-corrected chi connectivity index (χ4v) is 2.14. The van der Waals surface area contributed by atoms with Gasteiger partial charge >= 0.3 is 0 Å². The van der Waals surface area contributed by atoms with Gasteiger partial charge < -0.3 is 15.2 Å². The van der Waals surface area contributed by atoms with Gasteiger partial charge in [-0.05, 0) is 42.6 Å². The van der Waals surface area contributed by atoms with Crippen molar-refractivity contribution >= 4 is 0 Å². The molecule has 1 aromatic rings. The summed E-state index contributed by atoms with van der Waals surface area (Å²) in [7, 11) is 0. The third-order valence-electron chi connectivity index (χ3n) is 3.27. The summed E-state index contributed by atoms with van der Waals surface area (Å²) in [5, 5.41) is 0. The van der Waals surface area contributed by atoms with Crippen molar-refractivity contribution in [1.82, 2.24) is 0 Å². The predicted octanol–water partition coefficient (Wildman–Crippen LogP) is 2.94. The van der Waals surface area contributed by atoms with Crippen molar-refractivity contribution in [3.05, 3.63) is 23.3 Å². The second-order valence-corrected chi connectivity index (χ2v) is 4.73. The molecule has 2 atom stereocenters. The zero-order chi connectivity index (χ0) is 13.1. The van der Waals surface area contributed by atoms with Crippen molar-refractivity contribution in [2.75, 3.05) is 19.8 Å². The summed E-state index contributed by atoms with van der Waals surface area (Å²) >= 11 is 0.